The molecule has 20 nitrogen and oxygen atoms in total. The monoisotopic (exact) mass is 876 g/mol. The van der Waals surface area contributed by atoms with Gasteiger partial charge in [0.2, 0.25) is 47.3 Å². The van der Waals surface area contributed by atoms with Crippen molar-refractivity contribution in [2.45, 2.75) is 140 Å². The van der Waals surface area contributed by atoms with Crippen molar-refractivity contribution >= 4 is 55.1 Å². The first-order valence-electron chi connectivity index (χ1n) is 21.0. The smallest absolute Gasteiger partial charge is 0.404 e. The van der Waals surface area contributed by atoms with E-state index in [1.807, 2.05) is 0 Å². The third-order valence-corrected chi connectivity index (χ3v) is 11.6. The van der Waals surface area contributed by atoms with Gasteiger partial charge in [0.05, 0.1) is 6.42 Å². The van der Waals surface area contributed by atoms with E-state index in [0.29, 0.717) is 37.7 Å². The predicted molar refractivity (Wildman–Crippen MR) is 220 cm³/mol. The van der Waals surface area contributed by atoms with Crippen molar-refractivity contribution in [3.63, 3.8) is 0 Å². The van der Waals surface area contributed by atoms with Crippen LogP contribution in [0.15, 0.2) is 24.3 Å². The number of rotatable bonds is 10. The highest BCUT2D eigenvalue weighted by Gasteiger charge is 2.40. The fourth-order valence-electron chi connectivity index (χ4n) is 8.07. The Morgan fingerprint density at radius 3 is 2.05 bits per heavy atom. The molecule has 1 saturated carbocycles. The number of nitrogens with zero attached hydrogens (tertiary/aromatic N) is 1. The van der Waals surface area contributed by atoms with Gasteiger partial charge in [0.25, 0.3) is 0 Å². The number of fused-ring (bicyclic) bond motifs is 1. The SMILES string of the molecule is CC(=O)N[C@H]1CCCCNC(=O)[C@H]2CCCN2C(=O)[C@H](CC2CCCCC2)NC(=O)[C@@H](CC(N)=O)NC(=O)[C@H](C(C)C)NC(=O)[C@@H](Cc2ccc(OP(=O)(O)O)cc2)NC1=O. The summed E-state index contributed by atoms with van der Waals surface area (Å²) >= 11 is 0. The molecule has 21 heteroatoms. The summed E-state index contributed by atoms with van der Waals surface area (Å²) in [6, 6.07) is -1.88. The van der Waals surface area contributed by atoms with Crippen molar-refractivity contribution in [2.75, 3.05) is 13.1 Å². The van der Waals surface area contributed by atoms with Crippen LogP contribution in [0.1, 0.15) is 103 Å². The summed E-state index contributed by atoms with van der Waals surface area (Å²) in [4.78, 5) is 128. The molecule has 338 valence electrons. The lowest BCUT2D eigenvalue weighted by molar-refractivity contribution is -0.142. The van der Waals surface area contributed by atoms with Crippen LogP contribution in [0.5, 0.6) is 5.75 Å². The molecule has 2 aliphatic heterocycles. The average Bonchev–Trinajstić information content (AvgIpc) is 3.68. The number of benzene rings is 1. The van der Waals surface area contributed by atoms with Gasteiger partial charge in [0.1, 0.15) is 42.0 Å². The normalized spacial score (nSPS) is 26.0. The molecule has 1 aromatic rings. The summed E-state index contributed by atoms with van der Waals surface area (Å²) in [6.45, 7) is 4.97. The molecule has 2 heterocycles. The molecule has 61 heavy (non-hydrogen) atoms. The minimum absolute atomic E-state index is 0.113. The summed E-state index contributed by atoms with van der Waals surface area (Å²) in [5, 5.41) is 16.1. The summed E-state index contributed by atoms with van der Waals surface area (Å²) < 4.78 is 16.0. The molecule has 1 aromatic carbocycles. The van der Waals surface area contributed by atoms with E-state index in [2.05, 4.69) is 36.4 Å². The maximum atomic E-state index is 14.3. The molecule has 4 rings (SSSR count). The zero-order chi connectivity index (χ0) is 44.9. The molecule has 6 atom stereocenters. The molecule has 0 bridgehead atoms. The third kappa shape index (κ3) is 15.4. The zero-order valence-electron chi connectivity index (χ0n) is 35.0. The van der Waals surface area contributed by atoms with E-state index >= 15 is 0 Å². The van der Waals surface area contributed by atoms with Gasteiger partial charge in [0, 0.05) is 26.4 Å². The molecule has 2 saturated heterocycles. The molecule has 3 fully saturated rings. The Morgan fingerprint density at radius 2 is 1.43 bits per heavy atom. The number of hydrogen-bond acceptors (Lipinski definition) is 10. The van der Waals surface area contributed by atoms with Crippen molar-refractivity contribution < 1.29 is 57.2 Å². The molecule has 0 unspecified atom stereocenters. The first-order chi connectivity index (χ1) is 28.8. The molecule has 1 aliphatic carbocycles. The Bertz CT molecular complexity index is 1800. The number of carbonyl (C=O) groups excluding carboxylic acids is 8. The summed E-state index contributed by atoms with van der Waals surface area (Å²) in [5.41, 5.74) is 5.95. The number of phosphoric acid groups is 1. The minimum atomic E-state index is -4.87. The van der Waals surface area contributed by atoms with Crippen LogP contribution in [0.4, 0.5) is 0 Å². The van der Waals surface area contributed by atoms with Crippen LogP contribution in [-0.2, 0) is 49.3 Å². The van der Waals surface area contributed by atoms with Crippen molar-refractivity contribution in [3.8, 4) is 5.75 Å². The van der Waals surface area contributed by atoms with Crippen LogP contribution in [0.25, 0.3) is 0 Å². The van der Waals surface area contributed by atoms with Crippen molar-refractivity contribution in [1.29, 1.82) is 0 Å². The van der Waals surface area contributed by atoms with E-state index in [-0.39, 0.29) is 43.5 Å². The molecule has 3 aliphatic rings. The number of carbonyl (C=O) groups is 8. The fraction of sp³-hybridized carbons (Fsp3) is 0.650. The number of amides is 8. The molecule has 8 amide bonds. The van der Waals surface area contributed by atoms with Crippen LogP contribution in [0.2, 0.25) is 0 Å². The van der Waals surface area contributed by atoms with Crippen molar-refractivity contribution in [2.24, 2.45) is 17.6 Å². The van der Waals surface area contributed by atoms with Gasteiger partial charge in [-0.25, -0.2) is 4.57 Å². The van der Waals surface area contributed by atoms with Crippen molar-refractivity contribution in [3.05, 3.63) is 29.8 Å². The molecule has 0 aromatic heterocycles. The topological polar surface area (TPSA) is 305 Å². The van der Waals surface area contributed by atoms with Gasteiger partial charge in [0.15, 0.2) is 0 Å². The second-order valence-corrected chi connectivity index (χ2v) is 17.6. The number of hydrogen-bond donors (Lipinski definition) is 9. The van der Waals surface area contributed by atoms with Crippen molar-refractivity contribution in [1.82, 2.24) is 36.8 Å². The first-order valence-corrected chi connectivity index (χ1v) is 22.5. The summed E-state index contributed by atoms with van der Waals surface area (Å²) in [6.07, 6.45) is 5.99. The fourth-order valence-corrected chi connectivity index (χ4v) is 8.47. The van der Waals surface area contributed by atoms with E-state index in [1.54, 1.807) is 13.8 Å². The van der Waals surface area contributed by atoms with E-state index in [1.165, 1.54) is 36.1 Å². The van der Waals surface area contributed by atoms with Crippen LogP contribution in [0.3, 0.4) is 0 Å². The quantitative estimate of drug-likeness (QED) is 0.140. The molecule has 0 spiro atoms. The maximum absolute atomic E-state index is 14.3. The highest BCUT2D eigenvalue weighted by atomic mass is 31.2. The number of primary amides is 1. The van der Waals surface area contributed by atoms with E-state index in [0.717, 1.165) is 32.1 Å². The third-order valence-electron chi connectivity index (χ3n) is 11.2. The minimum Gasteiger partial charge on any atom is -0.404 e. The highest BCUT2D eigenvalue weighted by Crippen LogP contribution is 2.37. The molecular weight excluding hydrogens is 815 g/mol. The van der Waals surface area contributed by atoms with E-state index in [4.69, 9.17) is 5.73 Å². The lowest BCUT2D eigenvalue weighted by atomic mass is 9.84. The Balaban J connectivity index is 1.69. The largest absolute Gasteiger partial charge is 0.524 e. The Morgan fingerprint density at radius 1 is 0.803 bits per heavy atom. The predicted octanol–water partition coefficient (Wildman–Crippen LogP) is -0.0626. The van der Waals surface area contributed by atoms with Crippen LogP contribution < -0.4 is 42.2 Å². The lowest BCUT2D eigenvalue weighted by Gasteiger charge is -2.33. The summed E-state index contributed by atoms with van der Waals surface area (Å²) in [7, 11) is -4.87. The van der Waals surface area contributed by atoms with Crippen LogP contribution in [0, 0.1) is 11.8 Å². The van der Waals surface area contributed by atoms with E-state index < -0.39 is 97.8 Å². The second kappa shape index (κ2) is 22.7. The van der Waals surface area contributed by atoms with Gasteiger partial charge in [-0.3, -0.25) is 48.1 Å². The van der Waals surface area contributed by atoms with E-state index in [9.17, 15) is 52.7 Å². The number of nitrogens with one attached hydrogen (secondary N) is 6. The Kier molecular flexibility index (Phi) is 18.1. The van der Waals surface area contributed by atoms with Crippen LogP contribution >= 0.6 is 7.82 Å². The average molecular weight is 877 g/mol. The number of phosphoric ester groups is 1. The second-order valence-electron chi connectivity index (χ2n) is 16.5. The zero-order valence-corrected chi connectivity index (χ0v) is 35.9. The molecular formula is C40H61N8O12P. The van der Waals surface area contributed by atoms with Gasteiger partial charge in [-0.15, -0.1) is 0 Å². The van der Waals surface area contributed by atoms with Crippen LogP contribution in [-0.4, -0.2) is 111 Å². The number of nitrogens with two attached hydrogens (primary N) is 1. The van der Waals surface area contributed by atoms with Gasteiger partial charge in [-0.2, -0.15) is 0 Å². The van der Waals surface area contributed by atoms with Gasteiger partial charge < -0.3 is 47.1 Å². The Hall–Kier alpha value is -5.07. The molecule has 10 N–H and O–H groups in total. The molecule has 0 radical (unpaired) electrons. The highest BCUT2D eigenvalue weighted by molar-refractivity contribution is 7.46. The van der Waals surface area contributed by atoms with Gasteiger partial charge >= 0.3 is 7.82 Å². The first kappa shape index (κ1) is 48.6. The standard InChI is InChI=1S/C40H61N8O12P/c1-23(2)34-39(55)45-30(22-33(41)50)36(52)46-31(21-25-10-5-4-6-11-25)40(56)48-19-9-13-32(48)38(54)42-18-8-7-12-28(43-24(3)49)35(51)44-29(37(53)47-34)20-26-14-16-27(17-15-26)60-61(57,58)59/h14-17,23,25,28-32,34H,4-13,18-22H2,1-3H3,(H2,41,50)(H,42,54)(H,43,49)(H,44,51)(H,45,55)(H,46,52)(H,47,53)(H2,57,58,59)/t28-,29+,30+,31-,32+,34-/m0/s1. The maximum Gasteiger partial charge on any atom is 0.524 e. The Labute approximate surface area is 355 Å². The summed E-state index contributed by atoms with van der Waals surface area (Å²) in [5.74, 6) is -6.20. The lowest BCUT2D eigenvalue weighted by Crippen LogP contribution is -2.61. The van der Waals surface area contributed by atoms with Gasteiger partial charge in [-0.05, 0) is 68.1 Å². The van der Waals surface area contributed by atoms with Gasteiger partial charge in [-0.1, -0.05) is 58.1 Å².